The Bertz CT molecular complexity index is 1470. The Hall–Kier alpha value is -1.72. The number of benzene rings is 1. The molecule has 0 unspecified atom stereocenters. The highest BCUT2D eigenvalue weighted by Gasteiger charge is 2.49. The van der Waals surface area contributed by atoms with E-state index in [2.05, 4.69) is 34.9 Å². The van der Waals surface area contributed by atoms with Gasteiger partial charge in [-0.2, -0.15) is 22.6 Å². The van der Waals surface area contributed by atoms with E-state index in [-0.39, 0.29) is 38.3 Å². The summed E-state index contributed by atoms with van der Waals surface area (Å²) < 4.78 is 101. The molecule has 1 fully saturated rings. The molecule has 0 atom stereocenters. The summed E-state index contributed by atoms with van der Waals surface area (Å²) in [7, 11) is -5.66. The van der Waals surface area contributed by atoms with Crippen molar-refractivity contribution in [2.45, 2.75) is 75.0 Å². The molecule has 0 N–H and O–H groups in total. The highest BCUT2D eigenvalue weighted by Crippen LogP contribution is 2.45. The van der Waals surface area contributed by atoms with Gasteiger partial charge in [-0.15, -0.1) is 10.2 Å². The number of alkyl halides is 5. The minimum atomic E-state index is -4.69. The second kappa shape index (κ2) is 10.6. The molecule has 0 aliphatic heterocycles. The second-order valence-corrected chi connectivity index (χ2v) is 19.8. The monoisotopic (exact) mass is 631 g/mol. The van der Waals surface area contributed by atoms with Crippen molar-refractivity contribution in [3.05, 3.63) is 22.2 Å². The molecule has 2 heterocycles. The molecule has 0 amide bonds. The molecule has 0 saturated heterocycles. The van der Waals surface area contributed by atoms with Gasteiger partial charge >= 0.3 is 6.18 Å². The normalized spacial score (nSPS) is 16.1. The van der Waals surface area contributed by atoms with Crippen molar-refractivity contribution < 1.29 is 35.1 Å². The van der Waals surface area contributed by atoms with Gasteiger partial charge in [0.2, 0.25) is 10.0 Å². The van der Waals surface area contributed by atoms with Gasteiger partial charge < -0.3 is 4.74 Å². The summed E-state index contributed by atoms with van der Waals surface area (Å²) in [6.07, 6.45) is -6.43. The summed E-state index contributed by atoms with van der Waals surface area (Å²) in [6.45, 7) is 6.94. The van der Waals surface area contributed by atoms with Crippen molar-refractivity contribution in [1.82, 2.24) is 24.3 Å². The zero-order chi connectivity index (χ0) is 29.0. The number of nitrogens with zero attached hydrogens (tertiary/aromatic N) is 5. The minimum Gasteiger partial charge on any atom is -0.365 e. The van der Waals surface area contributed by atoms with Crippen molar-refractivity contribution in [2.24, 2.45) is 0 Å². The lowest BCUT2D eigenvalue weighted by molar-refractivity contribution is -0.141. The maximum absolute atomic E-state index is 13.8. The number of rotatable bonds is 11. The van der Waals surface area contributed by atoms with E-state index in [1.807, 2.05) is 0 Å². The molecule has 8 nitrogen and oxygen atoms in total. The lowest BCUT2D eigenvalue weighted by Gasteiger charge is -2.28. The summed E-state index contributed by atoms with van der Waals surface area (Å²) in [5.74, 6) is 0. The molecule has 2 aromatic heterocycles. The molecule has 39 heavy (non-hydrogen) atoms. The van der Waals surface area contributed by atoms with E-state index in [1.165, 1.54) is 4.31 Å². The number of aromatic nitrogens is 4. The molecule has 0 bridgehead atoms. The van der Waals surface area contributed by atoms with Crippen LogP contribution in [0, 0.1) is 0 Å². The minimum absolute atomic E-state index is 0.0807. The fourth-order valence-corrected chi connectivity index (χ4v) is 7.45. The van der Waals surface area contributed by atoms with Gasteiger partial charge in [0.15, 0.2) is 10.0 Å². The lowest BCUT2D eigenvalue weighted by Crippen LogP contribution is -2.42. The number of sulfonamides is 1. The number of halogens is 6. The van der Waals surface area contributed by atoms with E-state index in [9.17, 15) is 30.4 Å². The maximum atomic E-state index is 13.8. The van der Waals surface area contributed by atoms with E-state index in [4.69, 9.17) is 16.3 Å². The van der Waals surface area contributed by atoms with Gasteiger partial charge in [-0.3, -0.25) is 4.68 Å². The fraction of sp³-hybridized carbons (Fsp3) is 0.591. The summed E-state index contributed by atoms with van der Waals surface area (Å²) in [6, 6.07) is 3.05. The number of fused-ring (bicyclic) bond motifs is 1. The van der Waals surface area contributed by atoms with E-state index in [0.29, 0.717) is 35.5 Å². The van der Waals surface area contributed by atoms with Crippen LogP contribution in [0.2, 0.25) is 30.7 Å². The average molecular weight is 632 g/mol. The Morgan fingerprint density at radius 3 is 2.44 bits per heavy atom. The van der Waals surface area contributed by atoms with Crippen LogP contribution in [0.4, 0.5) is 22.0 Å². The number of hydrogen-bond donors (Lipinski definition) is 0. The quantitative estimate of drug-likeness (QED) is 0.103. The van der Waals surface area contributed by atoms with Crippen molar-refractivity contribution in [1.29, 1.82) is 0 Å². The van der Waals surface area contributed by atoms with E-state index in [0.717, 1.165) is 18.2 Å². The van der Waals surface area contributed by atoms with E-state index >= 15 is 0 Å². The molecule has 216 valence electrons. The summed E-state index contributed by atoms with van der Waals surface area (Å²) >= 11 is 6.83. The van der Waals surface area contributed by atoms with Gasteiger partial charge in [-0.25, -0.2) is 17.2 Å². The van der Waals surface area contributed by atoms with Gasteiger partial charge in [-0.05, 0) is 37.9 Å². The lowest BCUT2D eigenvalue weighted by atomic mass is 10.2. The fourth-order valence-electron chi connectivity index (χ4n) is 3.85. The molecule has 3 aromatic rings. The van der Waals surface area contributed by atoms with Crippen LogP contribution in [0.15, 0.2) is 17.0 Å². The predicted molar refractivity (Wildman–Crippen MR) is 140 cm³/mol. The predicted octanol–water partition coefficient (Wildman–Crippen LogP) is 6.56. The Balaban J connectivity index is 1.80. The molecule has 0 radical (unpaired) electrons. The molecular weight excluding hydrogens is 605 g/mol. The van der Waals surface area contributed by atoms with Crippen LogP contribution in [0.3, 0.4) is 0 Å². The van der Waals surface area contributed by atoms with Crippen molar-refractivity contribution >= 4 is 51.9 Å². The third-order valence-electron chi connectivity index (χ3n) is 6.30. The van der Waals surface area contributed by atoms with Crippen LogP contribution in [0.5, 0.6) is 0 Å². The SMILES string of the molecule is CC1(N(COCC[Si](C)(C)C)S(=O)(=O)c2cc(Cl)c3c(c2)c(-c2nnc(C(F)F)s2)nn3CC(F)(F)F)CC1. The highest BCUT2D eigenvalue weighted by atomic mass is 35.5. The Morgan fingerprint density at radius 1 is 1.23 bits per heavy atom. The average Bonchev–Trinajstić information content (AvgIpc) is 3.19. The van der Waals surface area contributed by atoms with Crippen molar-refractivity contribution in [2.75, 3.05) is 13.3 Å². The molecule has 1 aromatic carbocycles. The molecule has 1 aliphatic carbocycles. The topological polar surface area (TPSA) is 90.2 Å². The number of hydrogen-bond acceptors (Lipinski definition) is 7. The molecular formula is C22H27ClF5N5O3S2Si. The smallest absolute Gasteiger partial charge is 0.365 e. The summed E-state index contributed by atoms with van der Waals surface area (Å²) in [5.41, 5.74) is -1.12. The first-order valence-corrected chi connectivity index (χ1v) is 18.2. The van der Waals surface area contributed by atoms with Crippen LogP contribution in [0.25, 0.3) is 21.6 Å². The summed E-state index contributed by atoms with van der Waals surface area (Å²) in [4.78, 5) is -0.284. The van der Waals surface area contributed by atoms with Crippen LogP contribution in [-0.2, 0) is 21.3 Å². The van der Waals surface area contributed by atoms with Gasteiger partial charge in [0, 0.05) is 25.6 Å². The van der Waals surface area contributed by atoms with Gasteiger partial charge in [0.05, 0.1) is 15.4 Å². The van der Waals surface area contributed by atoms with Crippen LogP contribution in [-0.4, -0.2) is 65.8 Å². The molecule has 4 rings (SSSR count). The maximum Gasteiger partial charge on any atom is 0.408 e. The Morgan fingerprint density at radius 2 is 1.90 bits per heavy atom. The molecule has 1 saturated carbocycles. The van der Waals surface area contributed by atoms with Gasteiger partial charge in [-0.1, -0.05) is 42.6 Å². The van der Waals surface area contributed by atoms with Crippen molar-refractivity contribution in [3.8, 4) is 10.7 Å². The summed E-state index contributed by atoms with van der Waals surface area (Å²) in [5, 5.41) is 9.75. The van der Waals surface area contributed by atoms with Crippen LogP contribution >= 0.6 is 22.9 Å². The van der Waals surface area contributed by atoms with E-state index < -0.39 is 47.8 Å². The molecule has 1 aliphatic rings. The van der Waals surface area contributed by atoms with Gasteiger partial charge in [0.1, 0.15) is 19.0 Å². The molecule has 17 heteroatoms. The second-order valence-electron chi connectivity index (χ2n) is 10.9. The first kappa shape index (κ1) is 30.2. The first-order valence-electron chi connectivity index (χ1n) is 11.9. The third-order valence-corrected chi connectivity index (χ3v) is 11.2. The standard InChI is InChI=1S/C22H27ClF5N5O3S2Si/c1-21(5-6-21)33(12-36-7-8-39(2,3)4)38(34,35)13-9-14-16(19-29-30-20(37-19)18(24)25)31-32(11-22(26,27)28)17(14)15(23)10-13/h9-10,18H,5-8,11-12H2,1-4H3. The Kier molecular flexibility index (Phi) is 8.22. The van der Waals surface area contributed by atoms with Crippen LogP contribution < -0.4 is 0 Å². The first-order chi connectivity index (χ1) is 17.9. The molecule has 0 spiro atoms. The highest BCUT2D eigenvalue weighted by molar-refractivity contribution is 7.89. The number of ether oxygens (including phenoxy) is 1. The van der Waals surface area contributed by atoms with E-state index in [1.54, 1.807) is 6.92 Å². The van der Waals surface area contributed by atoms with Crippen molar-refractivity contribution in [3.63, 3.8) is 0 Å². The zero-order valence-corrected chi connectivity index (χ0v) is 24.9. The zero-order valence-electron chi connectivity index (χ0n) is 21.5. The largest absolute Gasteiger partial charge is 0.408 e. The van der Waals surface area contributed by atoms with Crippen LogP contribution in [0.1, 0.15) is 31.2 Å². The Labute approximate surface area is 232 Å². The van der Waals surface area contributed by atoms with Gasteiger partial charge in [0.25, 0.3) is 6.43 Å². The third kappa shape index (κ3) is 6.78.